The van der Waals surface area contributed by atoms with Crippen LogP contribution in [0, 0.1) is 53.4 Å². The molecule has 0 bridgehead atoms. The molecule has 0 aromatic heterocycles. The summed E-state index contributed by atoms with van der Waals surface area (Å²) in [6.45, 7) is 12.5. The minimum atomic E-state index is 0.885. The molecule has 0 N–H and O–H groups in total. The number of azo groups is 1. The summed E-state index contributed by atoms with van der Waals surface area (Å²) < 4.78 is 0. The lowest BCUT2D eigenvalue weighted by atomic mass is 10.1. The van der Waals surface area contributed by atoms with Gasteiger partial charge in [0.2, 0.25) is 0 Å². The second-order valence-electron chi connectivity index (χ2n) is 8.76. The predicted molar refractivity (Wildman–Crippen MR) is 144 cm³/mol. The van der Waals surface area contributed by atoms with Crippen molar-refractivity contribution in [3.05, 3.63) is 129 Å². The van der Waals surface area contributed by atoms with E-state index in [2.05, 4.69) is 118 Å². The first-order chi connectivity index (χ1) is 16.3. The van der Waals surface area contributed by atoms with Crippen LogP contribution in [0.25, 0.3) is 0 Å². The Morgan fingerprint density at radius 3 is 1.59 bits per heavy atom. The molecule has 34 heavy (non-hydrogen) atoms. The molecule has 0 spiro atoms. The summed E-state index contributed by atoms with van der Waals surface area (Å²) in [5, 5.41) is 8.50. The molecule has 0 amide bonds. The quantitative estimate of drug-likeness (QED) is 0.218. The molecule has 4 aromatic carbocycles. The highest BCUT2D eigenvalue weighted by atomic mass is 15.1. The van der Waals surface area contributed by atoms with Crippen molar-refractivity contribution >= 4 is 11.4 Å². The van der Waals surface area contributed by atoms with E-state index >= 15 is 0 Å². The number of hydrogen-bond donors (Lipinski definition) is 0. The molecule has 2 nitrogen and oxygen atoms in total. The topological polar surface area (TPSA) is 24.7 Å². The lowest BCUT2D eigenvalue weighted by Gasteiger charge is -2.00. The zero-order valence-corrected chi connectivity index (χ0v) is 21.0. The Labute approximate surface area is 204 Å². The fourth-order valence-electron chi connectivity index (χ4n) is 3.37. The fraction of sp³-hybridized carbons (Fsp3) is 0.188. The van der Waals surface area contributed by atoms with Crippen molar-refractivity contribution in [3.8, 4) is 11.8 Å². The summed E-state index contributed by atoms with van der Waals surface area (Å²) in [5.41, 5.74) is 11.4. The number of aryl methyl sites for hydroxylation is 6. The van der Waals surface area contributed by atoms with Crippen LogP contribution in [0.1, 0.15) is 44.5 Å². The summed E-state index contributed by atoms with van der Waals surface area (Å²) in [4.78, 5) is 0. The van der Waals surface area contributed by atoms with Gasteiger partial charge in [0, 0.05) is 11.1 Å². The molecule has 0 saturated carbocycles. The van der Waals surface area contributed by atoms with E-state index in [9.17, 15) is 0 Å². The predicted octanol–water partition coefficient (Wildman–Crippen LogP) is 9.04. The van der Waals surface area contributed by atoms with E-state index in [1.807, 2.05) is 30.3 Å². The minimum Gasteiger partial charge on any atom is -0.151 e. The number of nitrogens with zero attached hydrogens (tertiary/aromatic N) is 2. The Kier molecular flexibility index (Phi) is 8.54. The van der Waals surface area contributed by atoms with Crippen molar-refractivity contribution in [2.45, 2.75) is 41.5 Å². The van der Waals surface area contributed by atoms with Crippen molar-refractivity contribution in [2.24, 2.45) is 10.2 Å². The second-order valence-corrected chi connectivity index (χ2v) is 8.76. The number of benzene rings is 4. The molecule has 0 aliphatic rings. The Morgan fingerprint density at radius 1 is 0.471 bits per heavy atom. The van der Waals surface area contributed by atoms with Crippen molar-refractivity contribution in [2.75, 3.05) is 0 Å². The lowest BCUT2D eigenvalue weighted by molar-refractivity contribution is 1.20. The second kappa shape index (κ2) is 11.8. The van der Waals surface area contributed by atoms with Crippen LogP contribution in [0.4, 0.5) is 11.4 Å². The van der Waals surface area contributed by atoms with Gasteiger partial charge in [-0.05, 0) is 89.1 Å². The van der Waals surface area contributed by atoms with Crippen molar-refractivity contribution < 1.29 is 0 Å². The summed E-state index contributed by atoms with van der Waals surface area (Å²) in [5.74, 6) is 6.42. The SMILES string of the molecule is Cc1ccc(C#Cc2ccc(C)cc2C)cc1.Cc1ccc(N=Nc2ccc(C)cc2C)cc1. The van der Waals surface area contributed by atoms with E-state index in [-0.39, 0.29) is 0 Å². The van der Waals surface area contributed by atoms with Crippen LogP contribution in [0.3, 0.4) is 0 Å². The standard InChI is InChI=1S/C17H16.C15H16N2/c1-13-4-7-16(8-5-13)9-11-17-10-6-14(2)12-15(17)3;1-11-4-7-14(8-5-11)16-17-15-9-6-12(2)10-13(15)3/h4-8,10,12H,1-3H3;4-10H,1-3H3. The van der Waals surface area contributed by atoms with Gasteiger partial charge in [0.1, 0.15) is 0 Å². The summed E-state index contributed by atoms with van der Waals surface area (Å²) in [7, 11) is 0. The Bertz CT molecular complexity index is 1330. The van der Waals surface area contributed by atoms with Crippen LogP contribution in [0.5, 0.6) is 0 Å². The van der Waals surface area contributed by atoms with Crippen LogP contribution in [0.2, 0.25) is 0 Å². The highest BCUT2D eigenvalue weighted by molar-refractivity contribution is 5.48. The van der Waals surface area contributed by atoms with E-state index in [1.54, 1.807) is 0 Å². The minimum absolute atomic E-state index is 0.885. The van der Waals surface area contributed by atoms with Crippen LogP contribution >= 0.6 is 0 Å². The van der Waals surface area contributed by atoms with Gasteiger partial charge in [-0.2, -0.15) is 10.2 Å². The normalized spacial score (nSPS) is 10.3. The first-order valence-corrected chi connectivity index (χ1v) is 11.5. The zero-order chi connectivity index (χ0) is 24.5. The molecule has 0 fully saturated rings. The third-order valence-electron chi connectivity index (χ3n) is 5.43. The van der Waals surface area contributed by atoms with Crippen LogP contribution in [-0.2, 0) is 0 Å². The largest absolute Gasteiger partial charge is 0.151 e. The fourth-order valence-corrected chi connectivity index (χ4v) is 3.37. The van der Waals surface area contributed by atoms with Crippen molar-refractivity contribution in [3.63, 3.8) is 0 Å². The van der Waals surface area contributed by atoms with Gasteiger partial charge in [0.25, 0.3) is 0 Å². The third-order valence-corrected chi connectivity index (χ3v) is 5.43. The maximum atomic E-state index is 4.27. The Balaban J connectivity index is 0.000000191. The first-order valence-electron chi connectivity index (χ1n) is 11.5. The van der Waals surface area contributed by atoms with Gasteiger partial charge in [-0.15, -0.1) is 0 Å². The van der Waals surface area contributed by atoms with E-state index in [0.29, 0.717) is 0 Å². The molecule has 0 atom stereocenters. The molecule has 0 unspecified atom stereocenters. The Hall–Kier alpha value is -3.96. The molecule has 0 heterocycles. The highest BCUT2D eigenvalue weighted by Crippen LogP contribution is 2.22. The molecule has 170 valence electrons. The van der Waals surface area contributed by atoms with E-state index in [0.717, 1.165) is 28.1 Å². The number of rotatable bonds is 2. The molecule has 0 aliphatic heterocycles. The molecule has 2 heteroatoms. The average molecular weight is 445 g/mol. The van der Waals surface area contributed by atoms with Crippen molar-refractivity contribution in [1.82, 2.24) is 0 Å². The maximum Gasteiger partial charge on any atom is 0.0886 e. The van der Waals surface area contributed by atoms with Crippen LogP contribution in [0.15, 0.2) is 95.2 Å². The van der Waals surface area contributed by atoms with Gasteiger partial charge in [-0.1, -0.05) is 82.6 Å². The molecule has 4 aromatic rings. The average Bonchev–Trinajstić information content (AvgIpc) is 2.81. The van der Waals surface area contributed by atoms with Crippen molar-refractivity contribution in [1.29, 1.82) is 0 Å². The van der Waals surface area contributed by atoms with Gasteiger partial charge in [0.15, 0.2) is 0 Å². The zero-order valence-electron chi connectivity index (χ0n) is 21.0. The van der Waals surface area contributed by atoms with Crippen LogP contribution in [-0.4, -0.2) is 0 Å². The first kappa shape index (κ1) is 24.7. The lowest BCUT2D eigenvalue weighted by Crippen LogP contribution is -1.83. The van der Waals surface area contributed by atoms with Gasteiger partial charge in [-0.3, -0.25) is 0 Å². The molecule has 0 aliphatic carbocycles. The molecule has 0 radical (unpaired) electrons. The highest BCUT2D eigenvalue weighted by Gasteiger charge is 1.97. The smallest absolute Gasteiger partial charge is 0.0886 e. The van der Waals surface area contributed by atoms with E-state index < -0.39 is 0 Å². The third kappa shape index (κ3) is 7.57. The van der Waals surface area contributed by atoms with Gasteiger partial charge >= 0.3 is 0 Å². The summed E-state index contributed by atoms with van der Waals surface area (Å²) in [6.07, 6.45) is 0. The Morgan fingerprint density at radius 2 is 1.00 bits per heavy atom. The number of hydrogen-bond acceptors (Lipinski definition) is 2. The van der Waals surface area contributed by atoms with Gasteiger partial charge in [0.05, 0.1) is 11.4 Å². The van der Waals surface area contributed by atoms with Crippen LogP contribution < -0.4 is 0 Å². The monoisotopic (exact) mass is 444 g/mol. The maximum absolute atomic E-state index is 4.27. The van der Waals surface area contributed by atoms with Gasteiger partial charge < -0.3 is 0 Å². The summed E-state index contributed by atoms with van der Waals surface area (Å²) >= 11 is 0. The molecule has 0 saturated heterocycles. The molecular weight excluding hydrogens is 412 g/mol. The van der Waals surface area contributed by atoms with E-state index in [4.69, 9.17) is 0 Å². The van der Waals surface area contributed by atoms with E-state index in [1.165, 1.54) is 27.8 Å². The summed E-state index contributed by atoms with van der Waals surface area (Å²) in [6, 6.07) is 28.9. The molecular formula is C32H32N2. The van der Waals surface area contributed by atoms with Gasteiger partial charge in [-0.25, -0.2) is 0 Å². The molecule has 4 rings (SSSR count).